The highest BCUT2D eigenvalue weighted by Gasteiger charge is 2.27. The van der Waals surface area contributed by atoms with E-state index < -0.39 is 0 Å². The van der Waals surface area contributed by atoms with Gasteiger partial charge in [-0.05, 0) is 12.8 Å². The number of carbonyl (C=O) groups excluding carboxylic acids is 1. The number of rotatable bonds is 5. The van der Waals surface area contributed by atoms with Crippen LogP contribution in [-0.2, 0) is 11.8 Å². The zero-order valence-corrected chi connectivity index (χ0v) is 15.4. The highest BCUT2D eigenvalue weighted by atomic mass is 32.1. The van der Waals surface area contributed by atoms with Crippen LogP contribution in [0.2, 0.25) is 0 Å². The molecule has 1 aromatic rings. The Labute approximate surface area is 143 Å². The molecule has 2 atom stereocenters. The molecule has 0 aliphatic heterocycles. The minimum atomic E-state index is -0.254. The van der Waals surface area contributed by atoms with E-state index >= 15 is 0 Å². The Morgan fingerprint density at radius 3 is 2.78 bits per heavy atom. The van der Waals surface area contributed by atoms with Gasteiger partial charge >= 0.3 is 6.03 Å². The largest absolute Gasteiger partial charge is 0.393 e. The fraction of sp³-hybridized carbons (Fsp3) is 0.765. The van der Waals surface area contributed by atoms with Crippen LogP contribution >= 0.6 is 11.3 Å². The topological polar surface area (TPSA) is 65.5 Å². The SMILES string of the molecule is CN(C[C@@H]1CCC[C@H]1O)C(=O)NCCc1csc(C(C)(C)C)n1. The first kappa shape index (κ1) is 18.2. The van der Waals surface area contributed by atoms with Crippen LogP contribution in [0.15, 0.2) is 5.38 Å². The number of carbonyl (C=O) groups is 1. The predicted molar refractivity (Wildman–Crippen MR) is 93.9 cm³/mol. The van der Waals surface area contributed by atoms with Crippen LogP contribution in [0.3, 0.4) is 0 Å². The molecule has 2 amide bonds. The van der Waals surface area contributed by atoms with Gasteiger partial charge in [-0.15, -0.1) is 11.3 Å². The van der Waals surface area contributed by atoms with E-state index in [-0.39, 0.29) is 23.5 Å². The minimum Gasteiger partial charge on any atom is -0.393 e. The summed E-state index contributed by atoms with van der Waals surface area (Å²) in [4.78, 5) is 18.4. The van der Waals surface area contributed by atoms with Gasteiger partial charge in [-0.25, -0.2) is 9.78 Å². The van der Waals surface area contributed by atoms with Gasteiger partial charge in [0.15, 0.2) is 0 Å². The Morgan fingerprint density at radius 2 is 2.22 bits per heavy atom. The molecular weight excluding hydrogens is 310 g/mol. The minimum absolute atomic E-state index is 0.0737. The molecule has 2 rings (SSSR count). The molecule has 1 aliphatic rings. The molecule has 6 heteroatoms. The van der Waals surface area contributed by atoms with E-state index in [1.54, 1.807) is 23.3 Å². The molecule has 0 bridgehead atoms. The van der Waals surface area contributed by atoms with Crippen LogP contribution in [0.1, 0.15) is 50.7 Å². The first-order valence-corrected chi connectivity index (χ1v) is 9.27. The van der Waals surface area contributed by atoms with E-state index in [2.05, 4.69) is 36.5 Å². The molecule has 1 aromatic heterocycles. The van der Waals surface area contributed by atoms with Gasteiger partial charge in [-0.1, -0.05) is 27.2 Å². The number of aromatic nitrogens is 1. The van der Waals surface area contributed by atoms with Gasteiger partial charge in [0.1, 0.15) is 0 Å². The Hall–Kier alpha value is -1.14. The van der Waals surface area contributed by atoms with Crippen LogP contribution in [0.25, 0.3) is 0 Å². The maximum Gasteiger partial charge on any atom is 0.317 e. The molecule has 0 unspecified atom stereocenters. The zero-order valence-electron chi connectivity index (χ0n) is 14.6. The lowest BCUT2D eigenvalue weighted by molar-refractivity contribution is 0.114. The summed E-state index contributed by atoms with van der Waals surface area (Å²) in [5.41, 5.74) is 1.11. The quantitative estimate of drug-likeness (QED) is 0.867. The summed E-state index contributed by atoms with van der Waals surface area (Å²) < 4.78 is 0. The standard InChI is InChI=1S/C17H29N3O2S/c1-17(2,3)15-19-13(11-23-15)8-9-18-16(22)20(4)10-12-6-5-7-14(12)21/h11-12,14,21H,5-10H2,1-4H3,(H,18,22)/t12-,14+/m0/s1. The lowest BCUT2D eigenvalue weighted by atomic mass is 9.98. The van der Waals surface area contributed by atoms with Crippen molar-refractivity contribution in [3.8, 4) is 0 Å². The number of urea groups is 1. The normalized spacial score (nSPS) is 21.4. The van der Waals surface area contributed by atoms with Gasteiger partial charge < -0.3 is 15.3 Å². The smallest absolute Gasteiger partial charge is 0.317 e. The molecule has 2 N–H and O–H groups in total. The van der Waals surface area contributed by atoms with E-state index in [1.807, 2.05) is 0 Å². The number of nitrogens with zero attached hydrogens (tertiary/aromatic N) is 2. The van der Waals surface area contributed by atoms with Crippen LogP contribution < -0.4 is 5.32 Å². The van der Waals surface area contributed by atoms with Crippen LogP contribution in [-0.4, -0.2) is 47.3 Å². The highest BCUT2D eigenvalue weighted by molar-refractivity contribution is 7.09. The van der Waals surface area contributed by atoms with Crippen molar-refractivity contribution in [3.05, 3.63) is 16.1 Å². The maximum absolute atomic E-state index is 12.1. The average molecular weight is 340 g/mol. The fourth-order valence-electron chi connectivity index (χ4n) is 2.86. The number of hydrogen-bond acceptors (Lipinski definition) is 4. The summed E-state index contributed by atoms with van der Waals surface area (Å²) >= 11 is 1.68. The third kappa shape index (κ3) is 5.18. The Kier molecular flexibility index (Phi) is 6.03. The van der Waals surface area contributed by atoms with Crippen LogP contribution in [0.4, 0.5) is 4.79 Å². The van der Waals surface area contributed by atoms with Gasteiger partial charge in [-0.3, -0.25) is 0 Å². The van der Waals surface area contributed by atoms with Crippen molar-refractivity contribution in [1.29, 1.82) is 0 Å². The van der Waals surface area contributed by atoms with E-state index in [9.17, 15) is 9.90 Å². The molecule has 0 spiro atoms. The van der Waals surface area contributed by atoms with Crippen LogP contribution in [0, 0.1) is 5.92 Å². The Morgan fingerprint density at radius 1 is 1.48 bits per heavy atom. The monoisotopic (exact) mass is 339 g/mol. The second-order valence-corrected chi connectivity index (χ2v) is 8.37. The van der Waals surface area contributed by atoms with E-state index in [4.69, 9.17) is 0 Å². The third-order valence-electron chi connectivity index (χ3n) is 4.32. The summed E-state index contributed by atoms with van der Waals surface area (Å²) in [6.07, 6.45) is 3.42. The number of amides is 2. The number of hydrogen-bond donors (Lipinski definition) is 2. The lowest BCUT2D eigenvalue weighted by Gasteiger charge is -2.23. The van der Waals surface area contributed by atoms with Crippen LogP contribution in [0.5, 0.6) is 0 Å². The molecular formula is C17H29N3O2S. The fourth-order valence-corrected chi connectivity index (χ4v) is 3.81. The molecule has 23 heavy (non-hydrogen) atoms. The van der Waals surface area contributed by atoms with Crippen molar-refractivity contribution < 1.29 is 9.90 Å². The molecule has 1 saturated carbocycles. The van der Waals surface area contributed by atoms with E-state index in [1.165, 1.54) is 0 Å². The van der Waals surface area contributed by atoms with Gasteiger partial charge in [0.25, 0.3) is 0 Å². The summed E-state index contributed by atoms with van der Waals surface area (Å²) in [7, 11) is 1.79. The zero-order chi connectivity index (χ0) is 17.0. The molecule has 1 fully saturated rings. The van der Waals surface area contributed by atoms with Gasteiger partial charge in [0.2, 0.25) is 0 Å². The number of aliphatic hydroxyl groups is 1. The number of aliphatic hydroxyl groups excluding tert-OH is 1. The van der Waals surface area contributed by atoms with E-state index in [0.29, 0.717) is 13.1 Å². The van der Waals surface area contributed by atoms with Crippen molar-refractivity contribution in [2.45, 2.75) is 58.0 Å². The summed E-state index contributed by atoms with van der Waals surface area (Å²) in [6, 6.07) is -0.0737. The van der Waals surface area contributed by atoms with E-state index in [0.717, 1.165) is 36.4 Å². The van der Waals surface area contributed by atoms with Crippen molar-refractivity contribution in [1.82, 2.24) is 15.2 Å². The maximum atomic E-state index is 12.1. The molecule has 5 nitrogen and oxygen atoms in total. The van der Waals surface area contributed by atoms with Crippen molar-refractivity contribution in [2.24, 2.45) is 5.92 Å². The Balaban J connectivity index is 1.72. The summed E-state index contributed by atoms with van der Waals surface area (Å²) in [6.45, 7) is 7.68. The first-order chi connectivity index (χ1) is 10.8. The lowest BCUT2D eigenvalue weighted by Crippen LogP contribution is -2.41. The van der Waals surface area contributed by atoms with Crippen molar-refractivity contribution in [2.75, 3.05) is 20.1 Å². The van der Waals surface area contributed by atoms with Gasteiger partial charge in [0.05, 0.1) is 16.8 Å². The molecule has 130 valence electrons. The summed E-state index contributed by atoms with van der Waals surface area (Å²) in [5, 5.41) is 16.0. The molecule has 1 heterocycles. The van der Waals surface area contributed by atoms with Gasteiger partial charge in [-0.2, -0.15) is 0 Å². The number of nitrogens with one attached hydrogen (secondary N) is 1. The molecule has 0 radical (unpaired) electrons. The highest BCUT2D eigenvalue weighted by Crippen LogP contribution is 2.26. The predicted octanol–water partition coefficient (Wildman–Crippen LogP) is 2.79. The molecule has 0 saturated heterocycles. The number of thiazole rings is 1. The first-order valence-electron chi connectivity index (χ1n) is 8.39. The van der Waals surface area contributed by atoms with Crippen molar-refractivity contribution >= 4 is 17.4 Å². The second-order valence-electron chi connectivity index (χ2n) is 7.51. The molecule has 1 aliphatic carbocycles. The Bertz CT molecular complexity index is 524. The average Bonchev–Trinajstić information content (AvgIpc) is 3.08. The molecule has 0 aromatic carbocycles. The second kappa shape index (κ2) is 7.62. The van der Waals surface area contributed by atoms with Gasteiger partial charge in [0, 0.05) is 43.3 Å². The van der Waals surface area contributed by atoms with Crippen molar-refractivity contribution in [3.63, 3.8) is 0 Å². The third-order valence-corrected chi connectivity index (χ3v) is 5.64. The summed E-state index contributed by atoms with van der Waals surface area (Å²) in [5.74, 6) is 0.221.